The lowest BCUT2D eigenvalue weighted by molar-refractivity contribution is -0.236. The van der Waals surface area contributed by atoms with E-state index < -0.39 is 34.2 Å². The van der Waals surface area contributed by atoms with E-state index in [-0.39, 0.29) is 76.1 Å². The van der Waals surface area contributed by atoms with Crippen molar-refractivity contribution in [3.63, 3.8) is 0 Å². The number of morpholine rings is 1. The number of rotatable bonds is 11. The minimum absolute atomic E-state index is 0.0166. The Labute approximate surface area is 388 Å². The van der Waals surface area contributed by atoms with Gasteiger partial charge in [0.1, 0.15) is 6.10 Å². The van der Waals surface area contributed by atoms with Crippen molar-refractivity contribution >= 4 is 35.2 Å². The molecule has 2 amide bonds. The maximum atomic E-state index is 14.3. The summed E-state index contributed by atoms with van der Waals surface area (Å²) in [6, 6.07) is 7.66. The summed E-state index contributed by atoms with van der Waals surface area (Å²) in [6.07, 6.45) is 8.49. The number of carboxylic acids is 1. The number of ether oxygens (including phenoxy) is 2. The zero-order chi connectivity index (χ0) is 47.3. The number of amides is 2. The average Bonchev–Trinajstić information content (AvgIpc) is 3.52. The first-order valence-electron chi connectivity index (χ1n) is 25.0. The highest BCUT2D eigenvalue weighted by molar-refractivity contribution is 6.01. The molecule has 8 rings (SSSR count). The Bertz CT molecular complexity index is 2120. The summed E-state index contributed by atoms with van der Waals surface area (Å²) in [6.45, 7) is 27.4. The van der Waals surface area contributed by atoms with Gasteiger partial charge in [0.25, 0.3) is 5.91 Å². The van der Waals surface area contributed by atoms with E-state index in [0.717, 1.165) is 75.7 Å². The van der Waals surface area contributed by atoms with E-state index in [1.165, 1.54) is 5.57 Å². The molecule has 358 valence electrons. The van der Waals surface area contributed by atoms with Gasteiger partial charge in [-0.05, 0) is 147 Å². The van der Waals surface area contributed by atoms with E-state index in [1.807, 2.05) is 52.0 Å². The molecule has 7 aliphatic rings. The predicted molar refractivity (Wildman–Crippen MR) is 251 cm³/mol. The molecule has 0 aromatic heterocycles. The molecule has 0 radical (unpaired) electrons. The number of esters is 1. The fraction of sp³-hybridized carbons (Fsp3) is 0.759. The molecule has 11 heteroatoms. The van der Waals surface area contributed by atoms with Crippen molar-refractivity contribution in [2.45, 2.75) is 158 Å². The van der Waals surface area contributed by atoms with Crippen LogP contribution < -0.4 is 15.5 Å². The summed E-state index contributed by atoms with van der Waals surface area (Å²) >= 11 is 0. The van der Waals surface area contributed by atoms with Crippen molar-refractivity contribution < 1.29 is 38.6 Å². The van der Waals surface area contributed by atoms with Gasteiger partial charge in [-0.1, -0.05) is 67.9 Å². The summed E-state index contributed by atoms with van der Waals surface area (Å²) in [5, 5.41) is 16.0. The topological polar surface area (TPSA) is 151 Å². The fourth-order valence-electron chi connectivity index (χ4n) is 15.9. The van der Waals surface area contributed by atoms with Crippen LogP contribution in [-0.2, 0) is 28.7 Å². The SMILES string of the molecule is CC(C)C1=C2[C@H]3CC[C@@H]4[C@@]5(C)CC[C@H](OC(=O)[C@H]6C[C@@H](C(=O)O)C6(C)C)C(C)(C)[C@@H]5CC[C@@]4(C)[C@]3(C)CC[C@@]2(CC(=O)NCC(C)(C)NC(=O)c2ccc(N3CCOCC3)cc2)CC1=O. The molecule has 0 spiro atoms. The van der Waals surface area contributed by atoms with Crippen LogP contribution in [0.25, 0.3) is 0 Å². The Morgan fingerprint density at radius 3 is 2.15 bits per heavy atom. The number of Topliss-reactive ketones (excluding diaryl/α,β-unsaturated/α-hetero) is 1. The smallest absolute Gasteiger partial charge is 0.309 e. The molecule has 6 aliphatic carbocycles. The van der Waals surface area contributed by atoms with Crippen LogP contribution in [0.3, 0.4) is 0 Å². The average molecular weight is 898 g/mol. The lowest BCUT2D eigenvalue weighted by Gasteiger charge is -2.72. The van der Waals surface area contributed by atoms with Crippen LogP contribution in [0.1, 0.15) is 157 Å². The standard InChI is InChI=1S/C54H79N3O8/c1-32(2)43-38(58)29-54(30-42(59)55-31-48(3,4)56-45(60)33-12-14-34(15-13-33)57-24-26-64-27-25-57)23-22-52(10)35(44(43)54)16-17-40-51(9)20-19-41(50(7,8)39(51)18-21-53(40,52)11)65-47(63)37-28-36(46(61)62)49(37,5)6/h12-15,32,35-37,39-41H,16-31H2,1-11H3,(H,55,59)(H,56,60)(H,61,62)/t35-,36+,37-,39+,40-,41+,51+,52-,53-,54+/m1/s1. The number of benzene rings is 1. The summed E-state index contributed by atoms with van der Waals surface area (Å²) in [5.41, 5.74) is 1.81. The Kier molecular flexibility index (Phi) is 12.1. The highest BCUT2D eigenvalue weighted by Crippen LogP contribution is 2.77. The number of allylic oxidation sites excluding steroid dienone is 2. The number of hydrogen-bond acceptors (Lipinski definition) is 8. The molecular weight excluding hydrogens is 819 g/mol. The fourth-order valence-corrected chi connectivity index (χ4v) is 15.9. The van der Waals surface area contributed by atoms with Crippen LogP contribution in [0.4, 0.5) is 5.69 Å². The molecule has 1 aromatic rings. The van der Waals surface area contributed by atoms with Crippen molar-refractivity contribution in [3.05, 3.63) is 41.0 Å². The van der Waals surface area contributed by atoms with Crippen molar-refractivity contribution in [2.24, 2.45) is 68.0 Å². The molecule has 5 saturated carbocycles. The molecule has 6 fully saturated rings. The summed E-state index contributed by atoms with van der Waals surface area (Å²) in [7, 11) is 0. The first-order chi connectivity index (χ1) is 30.3. The van der Waals surface area contributed by atoms with Crippen LogP contribution in [-0.4, -0.2) is 79.1 Å². The second kappa shape index (κ2) is 16.5. The Morgan fingerprint density at radius 1 is 0.846 bits per heavy atom. The largest absolute Gasteiger partial charge is 0.481 e. The third kappa shape index (κ3) is 7.77. The van der Waals surface area contributed by atoms with Gasteiger partial charge < -0.3 is 30.1 Å². The van der Waals surface area contributed by atoms with Crippen molar-refractivity contribution in [2.75, 3.05) is 37.7 Å². The molecule has 0 unspecified atom stereocenters. The number of nitrogens with zero attached hydrogens (tertiary/aromatic N) is 1. The molecule has 1 heterocycles. The van der Waals surface area contributed by atoms with Crippen LogP contribution in [0, 0.1) is 68.0 Å². The molecular formula is C54H79N3O8. The van der Waals surface area contributed by atoms with E-state index >= 15 is 0 Å². The van der Waals surface area contributed by atoms with Gasteiger partial charge >= 0.3 is 11.9 Å². The second-order valence-electron chi connectivity index (χ2n) is 24.7. The number of fused-ring (bicyclic) bond motifs is 7. The third-order valence-electron chi connectivity index (χ3n) is 19.8. The molecule has 1 aliphatic heterocycles. The number of carboxylic acid groups (broad SMARTS) is 1. The normalized spacial score (nSPS) is 37.2. The van der Waals surface area contributed by atoms with Crippen LogP contribution in [0.5, 0.6) is 0 Å². The number of anilines is 1. The van der Waals surface area contributed by atoms with Crippen molar-refractivity contribution in [1.29, 1.82) is 0 Å². The maximum absolute atomic E-state index is 14.3. The Hall–Kier alpha value is -3.73. The van der Waals surface area contributed by atoms with Gasteiger partial charge in [-0.25, -0.2) is 0 Å². The second-order valence-corrected chi connectivity index (χ2v) is 24.7. The quantitative estimate of drug-likeness (QED) is 0.185. The van der Waals surface area contributed by atoms with Crippen LogP contribution in [0.15, 0.2) is 35.4 Å². The highest BCUT2D eigenvalue weighted by atomic mass is 16.5. The molecule has 65 heavy (non-hydrogen) atoms. The highest BCUT2D eigenvalue weighted by Gasteiger charge is 2.70. The number of aliphatic carboxylic acids is 1. The van der Waals surface area contributed by atoms with Gasteiger partial charge in [-0.2, -0.15) is 0 Å². The van der Waals surface area contributed by atoms with Gasteiger partial charge in [0, 0.05) is 54.6 Å². The summed E-state index contributed by atoms with van der Waals surface area (Å²) in [5.74, 6) is -0.945. The third-order valence-corrected chi connectivity index (χ3v) is 19.8. The number of carbonyl (C=O) groups excluding carboxylic acids is 4. The predicted octanol–water partition coefficient (Wildman–Crippen LogP) is 9.18. The van der Waals surface area contributed by atoms with Crippen LogP contribution >= 0.6 is 0 Å². The number of hydrogen-bond donors (Lipinski definition) is 3. The first kappa shape index (κ1) is 47.8. The minimum Gasteiger partial charge on any atom is -0.481 e. The van der Waals surface area contributed by atoms with E-state index in [0.29, 0.717) is 43.5 Å². The van der Waals surface area contributed by atoms with Gasteiger partial charge in [0.2, 0.25) is 5.91 Å². The molecule has 1 aromatic carbocycles. The number of ketones is 1. The van der Waals surface area contributed by atoms with E-state index in [1.54, 1.807) is 0 Å². The maximum Gasteiger partial charge on any atom is 0.309 e. The number of carbonyl (C=O) groups is 5. The summed E-state index contributed by atoms with van der Waals surface area (Å²) < 4.78 is 11.9. The van der Waals surface area contributed by atoms with E-state index in [4.69, 9.17) is 9.47 Å². The van der Waals surface area contributed by atoms with Gasteiger partial charge in [-0.3, -0.25) is 24.0 Å². The number of nitrogens with one attached hydrogen (secondary N) is 2. The summed E-state index contributed by atoms with van der Waals surface area (Å²) in [4.78, 5) is 69.7. The van der Waals surface area contributed by atoms with Crippen LogP contribution in [0.2, 0.25) is 0 Å². The van der Waals surface area contributed by atoms with E-state index in [2.05, 4.69) is 64.0 Å². The molecule has 1 saturated heterocycles. The van der Waals surface area contributed by atoms with Gasteiger partial charge in [0.15, 0.2) is 5.78 Å². The minimum atomic E-state index is -0.840. The first-order valence-corrected chi connectivity index (χ1v) is 25.0. The van der Waals surface area contributed by atoms with E-state index in [9.17, 15) is 29.1 Å². The van der Waals surface area contributed by atoms with Crippen molar-refractivity contribution in [3.8, 4) is 0 Å². The Morgan fingerprint density at radius 2 is 1.52 bits per heavy atom. The zero-order valence-electron chi connectivity index (χ0n) is 41.4. The molecule has 0 bridgehead atoms. The Balaban J connectivity index is 0.955. The van der Waals surface area contributed by atoms with Gasteiger partial charge in [0.05, 0.1) is 30.6 Å². The molecule has 3 N–H and O–H groups in total. The molecule has 10 atom stereocenters. The zero-order valence-corrected chi connectivity index (χ0v) is 41.4. The van der Waals surface area contributed by atoms with Gasteiger partial charge in [-0.15, -0.1) is 0 Å². The lowest BCUT2D eigenvalue weighted by atomic mass is 9.33. The van der Waals surface area contributed by atoms with Crippen molar-refractivity contribution in [1.82, 2.24) is 10.6 Å². The lowest BCUT2D eigenvalue weighted by Crippen LogP contribution is -2.66. The molecule has 11 nitrogen and oxygen atoms in total. The monoisotopic (exact) mass is 898 g/mol.